The topological polar surface area (TPSA) is 51.8 Å². The Morgan fingerprint density at radius 2 is 1.05 bits per heavy atom. The highest BCUT2D eigenvalue weighted by atomic mass is 35.5. The molecule has 8 aromatic rings. The highest BCUT2D eigenvalue weighted by molar-refractivity contribution is 6.36. The first-order chi connectivity index (χ1) is 19.7. The Bertz CT molecular complexity index is 2160. The van der Waals surface area contributed by atoms with E-state index >= 15 is 0 Å². The molecule has 0 amide bonds. The molecule has 2 heterocycles. The van der Waals surface area contributed by atoms with E-state index in [-0.39, 0.29) is 0 Å². The van der Waals surface area contributed by atoms with Crippen LogP contribution in [0.15, 0.2) is 126 Å². The Balaban J connectivity index is 1.41. The molecule has 0 saturated carbocycles. The van der Waals surface area contributed by atoms with Gasteiger partial charge in [-0.05, 0) is 51.9 Å². The van der Waals surface area contributed by atoms with Crippen molar-refractivity contribution in [3.63, 3.8) is 0 Å². The first-order valence-corrected chi connectivity index (χ1v) is 13.4. The lowest BCUT2D eigenvalue weighted by molar-refractivity contribution is 0.669. The van der Waals surface area contributed by atoms with Gasteiger partial charge in [0.05, 0.1) is 5.02 Å². The zero-order valence-corrected chi connectivity index (χ0v) is 21.9. The minimum Gasteiger partial charge on any atom is -0.454 e. The third-order valence-corrected chi connectivity index (χ3v) is 7.67. The summed E-state index contributed by atoms with van der Waals surface area (Å²) in [6.45, 7) is 0. The number of benzene rings is 6. The van der Waals surface area contributed by atoms with Crippen LogP contribution < -0.4 is 0 Å². The molecule has 8 rings (SSSR count). The molecule has 0 fully saturated rings. The molecular weight excluding hydrogens is 514 g/mol. The van der Waals surface area contributed by atoms with Gasteiger partial charge in [-0.2, -0.15) is 0 Å². The number of hydrogen-bond acceptors (Lipinski definition) is 4. The monoisotopic (exact) mass is 533 g/mol. The summed E-state index contributed by atoms with van der Waals surface area (Å²) in [6, 6.07) is 40.9. The predicted molar refractivity (Wildman–Crippen MR) is 163 cm³/mol. The van der Waals surface area contributed by atoms with Crippen LogP contribution in [0.2, 0.25) is 5.02 Å². The van der Waals surface area contributed by atoms with Gasteiger partial charge in [-0.15, -0.1) is 0 Å². The van der Waals surface area contributed by atoms with Gasteiger partial charge in [-0.25, -0.2) is 15.0 Å². The van der Waals surface area contributed by atoms with Crippen LogP contribution in [0.4, 0.5) is 0 Å². The highest BCUT2D eigenvalue weighted by Gasteiger charge is 2.19. The van der Waals surface area contributed by atoms with Crippen molar-refractivity contribution in [3.05, 3.63) is 126 Å². The maximum Gasteiger partial charge on any atom is 0.164 e. The van der Waals surface area contributed by atoms with Crippen LogP contribution >= 0.6 is 11.6 Å². The third-order valence-electron chi connectivity index (χ3n) is 7.37. The molecule has 188 valence electrons. The summed E-state index contributed by atoms with van der Waals surface area (Å²) in [5.74, 6) is 1.78. The van der Waals surface area contributed by atoms with Crippen molar-refractivity contribution < 1.29 is 4.42 Å². The van der Waals surface area contributed by atoms with Crippen molar-refractivity contribution in [3.8, 4) is 34.2 Å². The van der Waals surface area contributed by atoms with Gasteiger partial charge in [0.1, 0.15) is 5.58 Å². The fourth-order valence-corrected chi connectivity index (χ4v) is 5.59. The second kappa shape index (κ2) is 9.01. The van der Waals surface area contributed by atoms with Crippen molar-refractivity contribution in [1.82, 2.24) is 15.0 Å². The molecule has 0 aliphatic heterocycles. The largest absolute Gasteiger partial charge is 0.454 e. The van der Waals surface area contributed by atoms with Crippen LogP contribution in [0.5, 0.6) is 0 Å². The molecule has 0 saturated heterocycles. The second-order valence-corrected chi connectivity index (χ2v) is 10.2. The van der Waals surface area contributed by atoms with Crippen molar-refractivity contribution >= 4 is 55.1 Å². The van der Waals surface area contributed by atoms with E-state index in [4.69, 9.17) is 31.0 Å². The van der Waals surface area contributed by atoms with E-state index in [0.717, 1.165) is 43.8 Å². The van der Waals surface area contributed by atoms with Gasteiger partial charge < -0.3 is 4.42 Å². The molecule has 0 radical (unpaired) electrons. The van der Waals surface area contributed by atoms with Crippen LogP contribution in [0.3, 0.4) is 0 Å². The number of fused-ring (bicyclic) bond motifs is 5. The predicted octanol–water partition coefficient (Wildman–Crippen LogP) is 9.73. The van der Waals surface area contributed by atoms with E-state index in [2.05, 4.69) is 60.7 Å². The van der Waals surface area contributed by atoms with Crippen molar-refractivity contribution in [2.24, 2.45) is 0 Å². The van der Waals surface area contributed by atoms with E-state index < -0.39 is 0 Å². The van der Waals surface area contributed by atoms with Crippen molar-refractivity contribution in [2.45, 2.75) is 0 Å². The molecule has 0 spiro atoms. The molecule has 0 bridgehead atoms. The summed E-state index contributed by atoms with van der Waals surface area (Å²) in [5, 5.41) is 7.00. The standard InChI is InChI=1S/C35H20ClN3O/c36-29-18-17-28(31-27-11-5-6-12-30(27)40-32(29)31)35-38-33(25-15-13-21-7-1-3-9-23(21)19-25)37-34(39-35)26-16-14-22-8-2-4-10-24(22)20-26/h1-20H. The van der Waals surface area contributed by atoms with Gasteiger partial charge in [-0.3, -0.25) is 0 Å². The second-order valence-electron chi connectivity index (χ2n) is 9.83. The third kappa shape index (κ3) is 3.73. The lowest BCUT2D eigenvalue weighted by Crippen LogP contribution is -2.00. The molecule has 0 aliphatic rings. The lowest BCUT2D eigenvalue weighted by Gasteiger charge is -2.10. The van der Waals surface area contributed by atoms with Crippen molar-refractivity contribution in [2.75, 3.05) is 0 Å². The molecule has 0 unspecified atom stereocenters. The van der Waals surface area contributed by atoms with Gasteiger partial charge >= 0.3 is 0 Å². The Kier molecular flexibility index (Phi) is 5.15. The van der Waals surface area contributed by atoms with Gasteiger partial charge in [0, 0.05) is 27.5 Å². The molecule has 2 aromatic heterocycles. The fraction of sp³-hybridized carbons (Fsp3) is 0. The molecule has 5 heteroatoms. The molecular formula is C35H20ClN3O. The number of furan rings is 1. The van der Waals surface area contributed by atoms with Gasteiger partial charge in [-0.1, -0.05) is 103 Å². The Morgan fingerprint density at radius 3 is 1.70 bits per heavy atom. The maximum atomic E-state index is 6.61. The molecule has 0 N–H and O–H groups in total. The fourth-order valence-electron chi connectivity index (χ4n) is 5.39. The minimum absolute atomic E-state index is 0.550. The summed E-state index contributed by atoms with van der Waals surface area (Å²) in [5.41, 5.74) is 4.08. The quantitative estimate of drug-likeness (QED) is 0.227. The number of para-hydroxylation sites is 1. The Morgan fingerprint density at radius 1 is 0.500 bits per heavy atom. The smallest absolute Gasteiger partial charge is 0.164 e. The van der Waals surface area contributed by atoms with Crippen LogP contribution in [0.1, 0.15) is 0 Å². The van der Waals surface area contributed by atoms with E-state index in [1.54, 1.807) is 0 Å². The number of rotatable bonds is 3. The Hall–Kier alpha value is -5.06. The SMILES string of the molecule is Clc1ccc(-c2nc(-c3ccc4ccccc4c3)nc(-c3ccc4ccccc4c3)n2)c2c1oc1ccccc12. The summed E-state index contributed by atoms with van der Waals surface area (Å²) in [7, 11) is 0. The first kappa shape index (κ1) is 22.9. The zero-order chi connectivity index (χ0) is 26.6. The van der Waals surface area contributed by atoms with Crippen LogP contribution in [0.25, 0.3) is 77.6 Å². The normalized spacial score (nSPS) is 11.6. The zero-order valence-electron chi connectivity index (χ0n) is 21.2. The maximum absolute atomic E-state index is 6.61. The van der Waals surface area contributed by atoms with Crippen LogP contribution in [-0.4, -0.2) is 15.0 Å². The van der Waals surface area contributed by atoms with Crippen LogP contribution in [-0.2, 0) is 0 Å². The number of aromatic nitrogens is 3. The summed E-state index contributed by atoms with van der Waals surface area (Å²) in [6.07, 6.45) is 0. The molecule has 6 aromatic carbocycles. The van der Waals surface area contributed by atoms with E-state index in [1.807, 2.05) is 60.7 Å². The van der Waals surface area contributed by atoms with E-state index in [0.29, 0.717) is 28.1 Å². The number of hydrogen-bond donors (Lipinski definition) is 0. The number of nitrogens with zero attached hydrogens (tertiary/aromatic N) is 3. The summed E-state index contributed by atoms with van der Waals surface area (Å²) < 4.78 is 6.17. The van der Waals surface area contributed by atoms with E-state index in [9.17, 15) is 0 Å². The van der Waals surface area contributed by atoms with Gasteiger partial charge in [0.2, 0.25) is 0 Å². The Labute approximate surface area is 234 Å². The van der Waals surface area contributed by atoms with Gasteiger partial charge in [0.25, 0.3) is 0 Å². The first-order valence-electron chi connectivity index (χ1n) is 13.1. The summed E-state index contributed by atoms with van der Waals surface area (Å²) >= 11 is 6.61. The molecule has 40 heavy (non-hydrogen) atoms. The molecule has 4 nitrogen and oxygen atoms in total. The van der Waals surface area contributed by atoms with E-state index in [1.165, 1.54) is 10.8 Å². The molecule has 0 aliphatic carbocycles. The van der Waals surface area contributed by atoms with Gasteiger partial charge in [0.15, 0.2) is 23.1 Å². The molecule has 0 atom stereocenters. The lowest BCUT2D eigenvalue weighted by atomic mass is 10.0. The minimum atomic E-state index is 0.550. The summed E-state index contributed by atoms with van der Waals surface area (Å²) in [4.78, 5) is 15.0. The highest BCUT2D eigenvalue weighted by Crippen LogP contribution is 2.40. The van der Waals surface area contributed by atoms with Crippen LogP contribution in [0, 0.1) is 0 Å². The average Bonchev–Trinajstić information content (AvgIpc) is 3.41. The van der Waals surface area contributed by atoms with Crippen molar-refractivity contribution in [1.29, 1.82) is 0 Å². The average molecular weight is 534 g/mol. The number of halogens is 1.